The predicted octanol–water partition coefficient (Wildman–Crippen LogP) is 4.81. The van der Waals surface area contributed by atoms with Crippen molar-refractivity contribution in [2.75, 3.05) is 0 Å². The molecule has 3 rings (SSSR count). The average Bonchev–Trinajstić information content (AvgIpc) is 2.49. The second kappa shape index (κ2) is 5.76. The topological polar surface area (TPSA) is 22.0 Å². The molecule has 0 bridgehead atoms. The molecular formula is C17H11Cl2NO. The fraction of sp³-hybridized carbons (Fsp3) is 0. The summed E-state index contributed by atoms with van der Waals surface area (Å²) in [4.78, 5) is 12.1. The van der Waals surface area contributed by atoms with Gasteiger partial charge >= 0.3 is 0 Å². The fourth-order valence-electron chi connectivity index (χ4n) is 2.13. The number of rotatable bonds is 2. The van der Waals surface area contributed by atoms with E-state index < -0.39 is 0 Å². The van der Waals surface area contributed by atoms with Crippen LogP contribution in [0.4, 0.5) is 0 Å². The molecule has 104 valence electrons. The Hall–Kier alpha value is -2.03. The predicted molar refractivity (Wildman–Crippen MR) is 87.5 cm³/mol. The average molecular weight is 316 g/mol. The van der Waals surface area contributed by atoms with E-state index in [0.29, 0.717) is 10.0 Å². The minimum absolute atomic E-state index is 0.0944. The molecule has 2 aromatic carbocycles. The van der Waals surface area contributed by atoms with E-state index in [1.54, 1.807) is 35.0 Å². The van der Waals surface area contributed by atoms with E-state index in [2.05, 4.69) is 0 Å². The van der Waals surface area contributed by atoms with Crippen molar-refractivity contribution in [2.24, 2.45) is 0 Å². The van der Waals surface area contributed by atoms with E-state index in [4.69, 9.17) is 23.2 Å². The maximum atomic E-state index is 12.1. The number of pyridine rings is 1. The molecule has 0 saturated heterocycles. The van der Waals surface area contributed by atoms with Gasteiger partial charge in [-0.25, -0.2) is 0 Å². The maximum absolute atomic E-state index is 12.1. The number of aromatic nitrogens is 1. The highest BCUT2D eigenvalue weighted by atomic mass is 35.5. The van der Waals surface area contributed by atoms with Gasteiger partial charge in [0.25, 0.3) is 5.56 Å². The van der Waals surface area contributed by atoms with Gasteiger partial charge in [-0.15, -0.1) is 0 Å². The summed E-state index contributed by atoms with van der Waals surface area (Å²) < 4.78 is 1.59. The van der Waals surface area contributed by atoms with Gasteiger partial charge in [-0.3, -0.25) is 9.36 Å². The van der Waals surface area contributed by atoms with Crippen LogP contribution in [0.5, 0.6) is 0 Å². The van der Waals surface area contributed by atoms with Crippen molar-refractivity contribution >= 4 is 23.2 Å². The number of hydrogen-bond donors (Lipinski definition) is 0. The SMILES string of the molecule is O=c1ccc(-c2cccc(Cl)c2)cn1-c1ccc(Cl)cc1. The first-order valence-corrected chi connectivity index (χ1v) is 7.14. The van der Waals surface area contributed by atoms with Crippen LogP contribution in [0.3, 0.4) is 0 Å². The van der Waals surface area contributed by atoms with Crippen LogP contribution in [0.1, 0.15) is 0 Å². The van der Waals surface area contributed by atoms with Crippen molar-refractivity contribution in [1.29, 1.82) is 0 Å². The summed E-state index contributed by atoms with van der Waals surface area (Å²) in [6, 6.07) is 18.0. The Morgan fingerprint density at radius 3 is 2.24 bits per heavy atom. The molecule has 0 unspecified atom stereocenters. The molecular weight excluding hydrogens is 305 g/mol. The summed E-state index contributed by atoms with van der Waals surface area (Å²) in [6.45, 7) is 0. The van der Waals surface area contributed by atoms with Crippen LogP contribution >= 0.6 is 23.2 Å². The van der Waals surface area contributed by atoms with E-state index in [9.17, 15) is 4.79 Å². The Labute approximate surface area is 132 Å². The van der Waals surface area contributed by atoms with Crippen LogP contribution in [0.25, 0.3) is 16.8 Å². The van der Waals surface area contributed by atoms with Crippen molar-refractivity contribution in [2.45, 2.75) is 0 Å². The molecule has 1 aromatic heterocycles. The van der Waals surface area contributed by atoms with Gasteiger partial charge in [0.2, 0.25) is 0 Å². The fourth-order valence-corrected chi connectivity index (χ4v) is 2.45. The van der Waals surface area contributed by atoms with Crippen LogP contribution in [0.2, 0.25) is 10.0 Å². The van der Waals surface area contributed by atoms with Crippen LogP contribution in [0.15, 0.2) is 71.7 Å². The molecule has 0 aliphatic heterocycles. The third-order valence-corrected chi connectivity index (χ3v) is 3.66. The normalized spacial score (nSPS) is 10.6. The number of hydrogen-bond acceptors (Lipinski definition) is 1. The van der Waals surface area contributed by atoms with Crippen molar-refractivity contribution < 1.29 is 0 Å². The molecule has 3 aromatic rings. The van der Waals surface area contributed by atoms with Gasteiger partial charge in [0.15, 0.2) is 0 Å². The molecule has 0 spiro atoms. The van der Waals surface area contributed by atoms with Crippen molar-refractivity contribution in [3.05, 3.63) is 87.3 Å². The lowest BCUT2D eigenvalue weighted by molar-refractivity contribution is 0.993. The quantitative estimate of drug-likeness (QED) is 0.665. The largest absolute Gasteiger partial charge is 0.284 e. The summed E-state index contributed by atoms with van der Waals surface area (Å²) in [6.07, 6.45) is 1.80. The number of halogens is 2. The van der Waals surface area contributed by atoms with E-state index in [0.717, 1.165) is 16.8 Å². The molecule has 0 fully saturated rings. The molecule has 0 N–H and O–H groups in total. The molecule has 0 atom stereocenters. The number of benzene rings is 2. The Bertz CT molecular complexity index is 838. The maximum Gasteiger partial charge on any atom is 0.255 e. The lowest BCUT2D eigenvalue weighted by Gasteiger charge is -2.09. The zero-order chi connectivity index (χ0) is 14.8. The van der Waals surface area contributed by atoms with Gasteiger partial charge < -0.3 is 0 Å². The highest BCUT2D eigenvalue weighted by Crippen LogP contribution is 2.22. The lowest BCUT2D eigenvalue weighted by atomic mass is 10.1. The van der Waals surface area contributed by atoms with Crippen LogP contribution in [-0.2, 0) is 0 Å². The molecule has 2 nitrogen and oxygen atoms in total. The molecule has 0 radical (unpaired) electrons. The second-order valence-corrected chi connectivity index (χ2v) is 5.49. The minimum atomic E-state index is -0.0944. The zero-order valence-electron chi connectivity index (χ0n) is 11.0. The van der Waals surface area contributed by atoms with Gasteiger partial charge in [0.1, 0.15) is 0 Å². The van der Waals surface area contributed by atoms with Gasteiger partial charge in [-0.2, -0.15) is 0 Å². The Morgan fingerprint density at radius 2 is 1.52 bits per heavy atom. The Balaban J connectivity index is 2.12. The monoisotopic (exact) mass is 315 g/mol. The lowest BCUT2D eigenvalue weighted by Crippen LogP contribution is -2.16. The second-order valence-electron chi connectivity index (χ2n) is 4.61. The van der Waals surface area contributed by atoms with Crippen LogP contribution in [0, 0.1) is 0 Å². The van der Waals surface area contributed by atoms with Crippen LogP contribution < -0.4 is 5.56 Å². The molecule has 0 saturated carbocycles. The molecule has 1 heterocycles. The summed E-state index contributed by atoms with van der Waals surface area (Å²) in [5.41, 5.74) is 2.56. The van der Waals surface area contributed by atoms with E-state index in [1.807, 2.05) is 36.4 Å². The van der Waals surface area contributed by atoms with Gasteiger partial charge in [-0.05, 0) is 53.6 Å². The molecule has 0 aliphatic carbocycles. The van der Waals surface area contributed by atoms with Crippen molar-refractivity contribution in [1.82, 2.24) is 4.57 Å². The van der Waals surface area contributed by atoms with Crippen molar-refractivity contribution in [3.8, 4) is 16.8 Å². The van der Waals surface area contributed by atoms with Gasteiger partial charge in [-0.1, -0.05) is 35.3 Å². The smallest absolute Gasteiger partial charge is 0.255 e. The zero-order valence-corrected chi connectivity index (χ0v) is 12.5. The molecule has 0 amide bonds. The molecule has 0 aliphatic rings. The highest BCUT2D eigenvalue weighted by molar-refractivity contribution is 6.31. The first-order valence-electron chi connectivity index (χ1n) is 6.38. The molecule has 21 heavy (non-hydrogen) atoms. The minimum Gasteiger partial charge on any atom is -0.284 e. The van der Waals surface area contributed by atoms with Crippen molar-refractivity contribution in [3.63, 3.8) is 0 Å². The van der Waals surface area contributed by atoms with E-state index in [1.165, 1.54) is 0 Å². The van der Waals surface area contributed by atoms with Gasteiger partial charge in [0, 0.05) is 28.0 Å². The van der Waals surface area contributed by atoms with E-state index in [-0.39, 0.29) is 5.56 Å². The van der Waals surface area contributed by atoms with Gasteiger partial charge in [0.05, 0.1) is 0 Å². The Kier molecular flexibility index (Phi) is 3.82. The first-order chi connectivity index (χ1) is 10.1. The van der Waals surface area contributed by atoms with Crippen LogP contribution in [-0.4, -0.2) is 4.57 Å². The summed E-state index contributed by atoms with van der Waals surface area (Å²) in [5, 5.41) is 1.30. The summed E-state index contributed by atoms with van der Waals surface area (Å²) in [5.74, 6) is 0. The first kappa shape index (κ1) is 13.9. The molecule has 4 heteroatoms. The number of nitrogens with zero attached hydrogens (tertiary/aromatic N) is 1. The van der Waals surface area contributed by atoms with E-state index >= 15 is 0 Å². The third kappa shape index (κ3) is 3.02. The summed E-state index contributed by atoms with van der Waals surface area (Å²) >= 11 is 11.9. The third-order valence-electron chi connectivity index (χ3n) is 3.17. The highest BCUT2D eigenvalue weighted by Gasteiger charge is 2.04. The summed E-state index contributed by atoms with van der Waals surface area (Å²) in [7, 11) is 0. The standard InChI is InChI=1S/C17H11Cl2NO/c18-14-5-7-16(8-6-14)20-11-13(4-9-17(20)21)12-2-1-3-15(19)10-12/h1-11H. The Morgan fingerprint density at radius 1 is 0.762 bits per heavy atom.